The normalized spacial score (nSPS) is 59.4. The summed E-state index contributed by atoms with van der Waals surface area (Å²) in [6, 6.07) is -0.626. The number of fused-ring (bicyclic) bond motifs is 1. The Bertz CT molecular complexity index is 978. The molecule has 6 aliphatic rings. The van der Waals surface area contributed by atoms with E-state index in [1.165, 1.54) is 6.92 Å². The van der Waals surface area contributed by atoms with E-state index in [9.17, 15) is 29.7 Å². The largest absolute Gasteiger partial charge is 0.458 e. The Labute approximate surface area is 183 Å². The van der Waals surface area contributed by atoms with E-state index in [4.69, 9.17) is 18.9 Å². The van der Waals surface area contributed by atoms with E-state index in [1.54, 1.807) is 7.05 Å². The molecule has 11 heteroatoms. The number of aliphatic hydroxyl groups excluding tert-OH is 2. The van der Waals surface area contributed by atoms with Gasteiger partial charge in [-0.25, -0.2) is 9.59 Å². The number of carbonyl (C=O) groups excluding carboxylic acids is 3. The fourth-order valence-corrected chi connectivity index (χ4v) is 8.64. The molecule has 4 saturated heterocycles. The molecule has 0 aromatic rings. The number of aliphatic hydroxyl groups is 3. The average Bonchev–Trinajstić information content (AvgIpc) is 3.40. The molecule has 2 aliphatic carbocycles. The topological polar surface area (TPSA) is 161 Å². The van der Waals surface area contributed by atoms with Crippen LogP contribution in [0.25, 0.3) is 0 Å². The summed E-state index contributed by atoms with van der Waals surface area (Å²) in [5, 5.41) is 38.3. The van der Waals surface area contributed by atoms with Crippen LogP contribution in [0.4, 0.5) is 0 Å². The molecule has 4 aliphatic heterocycles. The van der Waals surface area contributed by atoms with E-state index in [2.05, 4.69) is 5.32 Å². The molecule has 0 aromatic carbocycles. The van der Waals surface area contributed by atoms with Crippen LogP contribution >= 0.6 is 0 Å². The van der Waals surface area contributed by atoms with Gasteiger partial charge in [0.2, 0.25) is 11.9 Å². The van der Waals surface area contributed by atoms with Gasteiger partial charge in [-0.2, -0.15) is 0 Å². The van der Waals surface area contributed by atoms with E-state index >= 15 is 0 Å². The zero-order valence-electron chi connectivity index (χ0n) is 18.3. The van der Waals surface area contributed by atoms with Crippen LogP contribution in [0.2, 0.25) is 0 Å². The molecule has 0 unspecified atom stereocenters. The maximum atomic E-state index is 13.6. The van der Waals surface area contributed by atoms with Crippen LogP contribution in [0.15, 0.2) is 0 Å². The van der Waals surface area contributed by atoms with Crippen molar-refractivity contribution in [2.75, 3.05) is 7.05 Å². The lowest BCUT2D eigenvalue weighted by Crippen LogP contribution is -2.67. The highest BCUT2D eigenvalue weighted by Crippen LogP contribution is 2.84. The lowest BCUT2D eigenvalue weighted by molar-refractivity contribution is -0.240. The van der Waals surface area contributed by atoms with Gasteiger partial charge in [0.15, 0.2) is 17.8 Å². The first-order chi connectivity index (χ1) is 14.8. The molecule has 0 amide bonds. The van der Waals surface area contributed by atoms with Crippen LogP contribution in [0.5, 0.6) is 0 Å². The first-order valence-corrected chi connectivity index (χ1v) is 10.9. The summed E-state index contributed by atoms with van der Waals surface area (Å²) in [6.07, 6.45) is -7.47. The SMILES string of the molecule is CN[C@@H]1[C@H]2OC(=O)[C@]34O[C@@H]5OC(=O)[C@H](O)[C@@]5([C@@H]1C(C)(C)C)[C@]23[C@@H](O)[C@@H]1OC(=O)[C@@H](C)[C@@]14O. The van der Waals surface area contributed by atoms with Gasteiger partial charge in [-0.15, -0.1) is 0 Å². The smallest absolute Gasteiger partial charge is 0.343 e. The Morgan fingerprint density at radius 1 is 1.00 bits per heavy atom. The average molecular weight is 453 g/mol. The summed E-state index contributed by atoms with van der Waals surface area (Å²) < 4.78 is 22.8. The number of carbonyl (C=O) groups is 3. The fraction of sp³-hybridized carbons (Fsp3) is 0.857. The van der Waals surface area contributed by atoms with Gasteiger partial charge in [0.05, 0.1) is 16.7 Å². The van der Waals surface area contributed by atoms with Crippen molar-refractivity contribution in [3.63, 3.8) is 0 Å². The summed E-state index contributed by atoms with van der Waals surface area (Å²) in [5.74, 6) is -4.54. The van der Waals surface area contributed by atoms with Gasteiger partial charge in [0.25, 0.3) is 0 Å². The van der Waals surface area contributed by atoms with Crippen LogP contribution < -0.4 is 5.32 Å². The molecule has 0 radical (unpaired) electrons. The number of nitrogens with one attached hydrogen (secondary N) is 1. The molecule has 32 heavy (non-hydrogen) atoms. The van der Waals surface area contributed by atoms with Crippen LogP contribution in [-0.4, -0.2) is 88.2 Å². The van der Waals surface area contributed by atoms with Crippen molar-refractivity contribution in [3.8, 4) is 0 Å². The molecular formula is C21H27NO10. The second-order valence-corrected chi connectivity index (χ2v) is 11.1. The Morgan fingerprint density at radius 2 is 1.66 bits per heavy atom. The van der Waals surface area contributed by atoms with Crippen molar-refractivity contribution < 1.29 is 48.7 Å². The van der Waals surface area contributed by atoms with E-state index in [-0.39, 0.29) is 0 Å². The second-order valence-electron chi connectivity index (χ2n) is 11.1. The predicted molar refractivity (Wildman–Crippen MR) is 100 cm³/mol. The maximum absolute atomic E-state index is 13.6. The summed E-state index contributed by atoms with van der Waals surface area (Å²) in [7, 11) is 1.66. The highest BCUT2D eigenvalue weighted by molar-refractivity contribution is 5.94. The van der Waals surface area contributed by atoms with Gasteiger partial charge < -0.3 is 39.6 Å². The Morgan fingerprint density at radius 3 is 2.25 bits per heavy atom. The predicted octanol–water partition coefficient (Wildman–Crippen LogP) is -2.17. The van der Waals surface area contributed by atoms with Gasteiger partial charge in [-0.05, 0) is 25.3 Å². The van der Waals surface area contributed by atoms with Crippen molar-refractivity contribution >= 4 is 17.9 Å². The minimum Gasteiger partial charge on any atom is -0.458 e. The molecule has 6 rings (SSSR count). The Hall–Kier alpha value is -1.79. The molecule has 176 valence electrons. The number of hydrogen-bond acceptors (Lipinski definition) is 11. The van der Waals surface area contributed by atoms with Gasteiger partial charge in [0.1, 0.15) is 12.2 Å². The van der Waals surface area contributed by atoms with Crippen LogP contribution in [0, 0.1) is 28.1 Å². The monoisotopic (exact) mass is 453 g/mol. The summed E-state index contributed by atoms with van der Waals surface area (Å²) in [4.78, 5) is 38.8. The van der Waals surface area contributed by atoms with Crippen molar-refractivity contribution in [3.05, 3.63) is 0 Å². The third-order valence-electron chi connectivity index (χ3n) is 9.32. The summed E-state index contributed by atoms with van der Waals surface area (Å²) in [6.45, 7) is 7.11. The minimum absolute atomic E-state index is 0.602. The maximum Gasteiger partial charge on any atom is 0.343 e. The van der Waals surface area contributed by atoms with Gasteiger partial charge >= 0.3 is 17.9 Å². The summed E-state index contributed by atoms with van der Waals surface area (Å²) in [5.41, 5.74) is -8.63. The first-order valence-electron chi connectivity index (χ1n) is 10.9. The zero-order valence-corrected chi connectivity index (χ0v) is 18.3. The van der Waals surface area contributed by atoms with Gasteiger partial charge in [-0.1, -0.05) is 20.8 Å². The molecule has 11 nitrogen and oxygen atoms in total. The van der Waals surface area contributed by atoms with E-state index in [0.29, 0.717) is 0 Å². The molecule has 6 fully saturated rings. The van der Waals surface area contributed by atoms with Crippen LogP contribution in [-0.2, 0) is 33.3 Å². The third kappa shape index (κ3) is 1.49. The van der Waals surface area contributed by atoms with Crippen molar-refractivity contribution in [1.82, 2.24) is 5.32 Å². The number of likely N-dealkylation sites (N-methyl/N-ethyl adjacent to an activating group) is 1. The molecule has 12 atom stereocenters. The minimum atomic E-state index is -2.29. The highest BCUT2D eigenvalue weighted by atomic mass is 16.8. The summed E-state index contributed by atoms with van der Waals surface area (Å²) >= 11 is 0. The highest BCUT2D eigenvalue weighted by Gasteiger charge is 3.05. The van der Waals surface area contributed by atoms with Crippen LogP contribution in [0.1, 0.15) is 27.7 Å². The van der Waals surface area contributed by atoms with E-state index in [1.807, 2.05) is 20.8 Å². The molecular weight excluding hydrogens is 426 g/mol. The van der Waals surface area contributed by atoms with Crippen molar-refractivity contribution in [2.24, 2.45) is 28.1 Å². The molecule has 2 saturated carbocycles. The quantitative estimate of drug-likeness (QED) is 0.253. The number of ether oxygens (including phenoxy) is 4. The first kappa shape index (κ1) is 20.8. The zero-order chi connectivity index (χ0) is 23.4. The molecule has 2 spiro atoms. The van der Waals surface area contributed by atoms with Crippen molar-refractivity contribution in [1.29, 1.82) is 0 Å². The second kappa shape index (κ2) is 5.30. The Kier molecular flexibility index (Phi) is 3.45. The number of hydrogen-bond donors (Lipinski definition) is 4. The number of rotatable bonds is 1. The molecule has 4 heterocycles. The lowest BCUT2D eigenvalue weighted by atomic mass is 9.51. The van der Waals surface area contributed by atoms with Crippen LogP contribution in [0.3, 0.4) is 0 Å². The number of esters is 3. The van der Waals surface area contributed by atoms with E-state index < -0.39 is 93.9 Å². The fourth-order valence-electron chi connectivity index (χ4n) is 8.64. The third-order valence-corrected chi connectivity index (χ3v) is 9.32. The van der Waals surface area contributed by atoms with Gasteiger partial charge in [-0.3, -0.25) is 4.79 Å². The van der Waals surface area contributed by atoms with Crippen molar-refractivity contribution in [2.45, 2.75) is 75.6 Å². The standard InChI is InChI=1S/C21H27NO10/c1-6-13(25)29-12-9(23)19-11-7(22-5)8(17(2,3)4)18(19)10(24)14(26)31-16(18)32-21(19,15(27)30-11)20(6,12)28/h6-12,16,22-24,28H,1-5H3/t6-,7+,8+,9+,10+,11-,12+,16+,18-,19+,20-,21+/m1/s1. The van der Waals surface area contributed by atoms with E-state index in [0.717, 1.165) is 0 Å². The lowest BCUT2D eigenvalue weighted by Gasteiger charge is -2.47. The van der Waals surface area contributed by atoms with Gasteiger partial charge in [0, 0.05) is 6.04 Å². The molecule has 0 aromatic heterocycles. The molecule has 4 N–H and O–H groups in total. The Balaban J connectivity index is 1.75. The molecule has 0 bridgehead atoms.